The van der Waals surface area contributed by atoms with Gasteiger partial charge in [-0.15, -0.1) is 0 Å². The number of hydrogen-bond donors (Lipinski definition) is 0. The van der Waals surface area contributed by atoms with E-state index < -0.39 is 0 Å². The highest BCUT2D eigenvalue weighted by Gasteiger charge is 2.32. The van der Waals surface area contributed by atoms with Gasteiger partial charge in [0.2, 0.25) is 0 Å². The fourth-order valence-electron chi connectivity index (χ4n) is 3.56. The van der Waals surface area contributed by atoms with Crippen molar-refractivity contribution >= 4 is 28.4 Å². The number of amides is 1. The molecule has 6 nitrogen and oxygen atoms in total. The normalized spacial score (nSPS) is 17.2. The number of hydrogen-bond acceptors (Lipinski definition) is 5. The molecule has 7 heteroatoms. The Bertz CT molecular complexity index is 1050. The summed E-state index contributed by atoms with van der Waals surface area (Å²) in [5.41, 5.74) is 2.83. The van der Waals surface area contributed by atoms with Crippen LogP contribution in [0.15, 0.2) is 58.0 Å². The van der Waals surface area contributed by atoms with Crippen LogP contribution in [0.1, 0.15) is 23.0 Å². The first-order chi connectivity index (χ1) is 12.8. The highest BCUT2D eigenvalue weighted by Crippen LogP contribution is 2.33. The Kier molecular flexibility index (Phi) is 3.60. The number of carbonyl (C=O) groups excluding carboxylic acids is 1. The van der Waals surface area contributed by atoms with E-state index >= 15 is 0 Å². The third kappa shape index (κ3) is 2.43. The third-order valence-electron chi connectivity index (χ3n) is 4.78. The minimum Gasteiger partial charge on any atom is -0.459 e. The van der Waals surface area contributed by atoms with Crippen molar-refractivity contribution < 1.29 is 9.21 Å². The molecule has 0 spiro atoms. The molecule has 5 rings (SSSR count). The third-order valence-corrected chi connectivity index (χ3v) is 5.46. The number of fused-ring (bicyclic) bond motifs is 1. The van der Waals surface area contributed by atoms with Crippen molar-refractivity contribution in [3.8, 4) is 11.4 Å². The van der Waals surface area contributed by atoms with E-state index in [0.717, 1.165) is 29.0 Å². The van der Waals surface area contributed by atoms with E-state index in [9.17, 15) is 4.79 Å². The molecule has 1 aliphatic rings. The summed E-state index contributed by atoms with van der Waals surface area (Å²) in [6.45, 7) is 1.32. The van der Waals surface area contributed by atoms with Gasteiger partial charge < -0.3 is 13.9 Å². The second-order valence-electron chi connectivity index (χ2n) is 6.33. The number of likely N-dealkylation sites (tertiary alicyclic amines) is 1. The molecule has 1 aliphatic heterocycles. The summed E-state index contributed by atoms with van der Waals surface area (Å²) in [7, 11) is 0. The molecular formula is C19H16N4O2S. The zero-order valence-corrected chi connectivity index (χ0v) is 14.7. The quantitative estimate of drug-likeness (QED) is 0.554. The van der Waals surface area contributed by atoms with Crippen molar-refractivity contribution in [3.05, 3.63) is 59.3 Å². The number of carbonyl (C=O) groups is 1. The molecule has 1 saturated heterocycles. The minimum absolute atomic E-state index is 0.0630. The first-order valence-electron chi connectivity index (χ1n) is 8.49. The summed E-state index contributed by atoms with van der Waals surface area (Å²) in [5, 5.41) is 4.15. The largest absolute Gasteiger partial charge is 0.459 e. The molecule has 1 fully saturated rings. The lowest BCUT2D eigenvalue weighted by Crippen LogP contribution is -2.28. The van der Waals surface area contributed by atoms with Crippen LogP contribution < -0.4 is 0 Å². The zero-order valence-electron chi connectivity index (χ0n) is 13.9. The number of aromatic nitrogens is 3. The molecule has 1 amide bonds. The maximum absolute atomic E-state index is 12.6. The summed E-state index contributed by atoms with van der Waals surface area (Å²) in [6.07, 6.45) is 4.19. The Hall–Kier alpha value is -2.93. The van der Waals surface area contributed by atoms with Gasteiger partial charge in [0.1, 0.15) is 11.3 Å². The van der Waals surface area contributed by atoms with Gasteiger partial charge in [0, 0.05) is 30.2 Å². The average molecular weight is 364 g/mol. The Morgan fingerprint density at radius 1 is 1.27 bits per heavy atom. The van der Waals surface area contributed by atoms with Gasteiger partial charge in [-0.25, -0.2) is 9.97 Å². The van der Waals surface area contributed by atoms with Crippen molar-refractivity contribution in [3.63, 3.8) is 0 Å². The standard InChI is InChI=1S/C19H16N4O2S/c24-19(16-4-2-9-25-16)22-8-5-14(11-22)23-17(13-6-10-26-12-13)21-15-3-1-7-20-18(15)23/h1-4,6-7,9-10,12,14H,5,8,11H2. The van der Waals surface area contributed by atoms with Crippen LogP contribution in [0.4, 0.5) is 0 Å². The van der Waals surface area contributed by atoms with Crippen molar-refractivity contribution in [1.82, 2.24) is 19.4 Å². The predicted molar refractivity (Wildman–Crippen MR) is 99.1 cm³/mol. The Morgan fingerprint density at radius 2 is 2.23 bits per heavy atom. The zero-order chi connectivity index (χ0) is 17.5. The maximum Gasteiger partial charge on any atom is 0.289 e. The number of imidazole rings is 1. The molecule has 1 unspecified atom stereocenters. The second kappa shape index (κ2) is 6.10. The lowest BCUT2D eigenvalue weighted by molar-refractivity contribution is 0.0756. The molecule has 0 N–H and O–H groups in total. The highest BCUT2D eigenvalue weighted by atomic mass is 32.1. The number of thiophene rings is 1. The fourth-order valence-corrected chi connectivity index (χ4v) is 4.20. The SMILES string of the molecule is O=C(c1ccco1)N1CCC(n2c(-c3ccsc3)nc3cccnc32)C1. The van der Waals surface area contributed by atoms with Crippen molar-refractivity contribution in [2.45, 2.75) is 12.5 Å². The number of pyridine rings is 1. The molecular weight excluding hydrogens is 348 g/mol. The lowest BCUT2D eigenvalue weighted by Gasteiger charge is -2.17. The molecule has 0 aliphatic carbocycles. The molecule has 5 heterocycles. The van der Waals surface area contributed by atoms with Gasteiger partial charge in [0.05, 0.1) is 12.3 Å². The van der Waals surface area contributed by atoms with Gasteiger partial charge >= 0.3 is 0 Å². The molecule has 26 heavy (non-hydrogen) atoms. The van der Waals surface area contributed by atoms with E-state index in [1.54, 1.807) is 29.7 Å². The van der Waals surface area contributed by atoms with E-state index in [-0.39, 0.29) is 11.9 Å². The second-order valence-corrected chi connectivity index (χ2v) is 7.11. The van der Waals surface area contributed by atoms with Crippen molar-refractivity contribution in [2.24, 2.45) is 0 Å². The van der Waals surface area contributed by atoms with Crippen LogP contribution >= 0.6 is 11.3 Å². The van der Waals surface area contributed by atoms with Crippen molar-refractivity contribution in [1.29, 1.82) is 0 Å². The van der Waals surface area contributed by atoms with Gasteiger partial charge in [-0.3, -0.25) is 4.79 Å². The van der Waals surface area contributed by atoms with Crippen LogP contribution in [0, 0.1) is 0 Å². The van der Waals surface area contributed by atoms with E-state index in [4.69, 9.17) is 9.40 Å². The Labute approximate surface area is 153 Å². The summed E-state index contributed by atoms with van der Waals surface area (Å²) in [4.78, 5) is 23.8. The molecule has 4 aromatic heterocycles. The van der Waals surface area contributed by atoms with Gasteiger partial charge in [-0.2, -0.15) is 11.3 Å². The first-order valence-corrected chi connectivity index (χ1v) is 9.44. The van der Waals surface area contributed by atoms with Crippen LogP contribution in [-0.4, -0.2) is 38.4 Å². The van der Waals surface area contributed by atoms with Gasteiger partial charge in [-0.1, -0.05) is 0 Å². The Morgan fingerprint density at radius 3 is 3.04 bits per heavy atom. The first kappa shape index (κ1) is 15.3. The molecule has 1 atom stereocenters. The molecule has 130 valence electrons. The van der Waals surface area contributed by atoms with E-state index in [1.165, 1.54) is 6.26 Å². The van der Waals surface area contributed by atoms with Crippen molar-refractivity contribution in [2.75, 3.05) is 13.1 Å². The lowest BCUT2D eigenvalue weighted by atomic mass is 10.2. The molecule has 0 bridgehead atoms. The maximum atomic E-state index is 12.6. The minimum atomic E-state index is -0.0630. The molecule has 0 aromatic carbocycles. The topological polar surface area (TPSA) is 64.2 Å². The highest BCUT2D eigenvalue weighted by molar-refractivity contribution is 7.08. The Balaban J connectivity index is 1.53. The number of rotatable bonds is 3. The average Bonchev–Trinajstić information content (AvgIpc) is 3.47. The molecule has 0 saturated carbocycles. The number of furan rings is 1. The summed E-state index contributed by atoms with van der Waals surface area (Å²) in [6, 6.07) is 9.55. The van der Waals surface area contributed by atoms with E-state index in [2.05, 4.69) is 21.0 Å². The van der Waals surface area contributed by atoms with Crippen LogP contribution in [-0.2, 0) is 0 Å². The smallest absolute Gasteiger partial charge is 0.289 e. The van der Waals surface area contributed by atoms with Crippen LogP contribution in [0.2, 0.25) is 0 Å². The predicted octanol–water partition coefficient (Wildman–Crippen LogP) is 3.84. The monoisotopic (exact) mass is 364 g/mol. The van der Waals surface area contributed by atoms with Crippen LogP contribution in [0.25, 0.3) is 22.6 Å². The van der Waals surface area contributed by atoms with E-state index in [1.807, 2.05) is 22.4 Å². The molecule has 4 aromatic rings. The van der Waals surface area contributed by atoms with Crippen LogP contribution in [0.3, 0.4) is 0 Å². The van der Waals surface area contributed by atoms with Gasteiger partial charge in [0.15, 0.2) is 11.4 Å². The summed E-state index contributed by atoms with van der Waals surface area (Å²) >= 11 is 1.65. The summed E-state index contributed by atoms with van der Waals surface area (Å²) in [5.74, 6) is 1.24. The summed E-state index contributed by atoms with van der Waals surface area (Å²) < 4.78 is 7.45. The van der Waals surface area contributed by atoms with Gasteiger partial charge in [0.25, 0.3) is 5.91 Å². The molecule has 0 radical (unpaired) electrons. The fraction of sp³-hybridized carbons (Fsp3) is 0.211. The van der Waals surface area contributed by atoms with Crippen LogP contribution in [0.5, 0.6) is 0 Å². The van der Waals surface area contributed by atoms with Gasteiger partial charge in [-0.05, 0) is 42.1 Å². The number of nitrogens with zero attached hydrogens (tertiary/aromatic N) is 4. The van der Waals surface area contributed by atoms with E-state index in [0.29, 0.717) is 18.8 Å².